The molecule has 28 heavy (non-hydrogen) atoms. The third-order valence-corrected chi connectivity index (χ3v) is 7.45. The number of hydrogen-bond acceptors (Lipinski definition) is 2. The summed E-state index contributed by atoms with van der Waals surface area (Å²) in [5.74, 6) is 4.84. The van der Waals surface area contributed by atoms with Crippen molar-refractivity contribution in [2.75, 3.05) is 14.2 Å². The SMILES string of the molecule is COc1c(C)c(C)c(C)c(OC)c1CC1CCC(CC2CC[CH-]CC2)CC1.[Y]. The van der Waals surface area contributed by atoms with Gasteiger partial charge in [0.2, 0.25) is 0 Å². The molecule has 0 aromatic heterocycles. The van der Waals surface area contributed by atoms with E-state index in [-0.39, 0.29) is 32.7 Å². The van der Waals surface area contributed by atoms with Crippen LogP contribution in [0.25, 0.3) is 0 Å². The summed E-state index contributed by atoms with van der Waals surface area (Å²) in [6.45, 7) is 6.54. The van der Waals surface area contributed by atoms with Crippen molar-refractivity contribution in [1.29, 1.82) is 0 Å². The zero-order valence-electron chi connectivity index (χ0n) is 18.8. The molecule has 1 radical (unpaired) electrons. The third-order valence-electron chi connectivity index (χ3n) is 7.45. The summed E-state index contributed by atoms with van der Waals surface area (Å²) in [5.41, 5.74) is 5.13. The van der Waals surface area contributed by atoms with Crippen LogP contribution in [0.3, 0.4) is 0 Å². The summed E-state index contributed by atoms with van der Waals surface area (Å²) in [4.78, 5) is 0. The first-order valence-corrected chi connectivity index (χ1v) is 11.1. The molecule has 0 amide bonds. The quantitative estimate of drug-likeness (QED) is 0.437. The van der Waals surface area contributed by atoms with Crippen molar-refractivity contribution in [3.8, 4) is 11.5 Å². The average Bonchev–Trinajstić information content (AvgIpc) is 2.69. The predicted molar refractivity (Wildman–Crippen MR) is 114 cm³/mol. The number of benzene rings is 1. The Balaban J connectivity index is 0.00000280. The van der Waals surface area contributed by atoms with Crippen LogP contribution in [0.1, 0.15) is 80.0 Å². The van der Waals surface area contributed by atoms with Gasteiger partial charge in [-0.2, -0.15) is 12.8 Å². The van der Waals surface area contributed by atoms with Crippen LogP contribution in [0.2, 0.25) is 0 Å². The van der Waals surface area contributed by atoms with Gasteiger partial charge in [-0.25, -0.2) is 0 Å². The Morgan fingerprint density at radius 3 is 1.68 bits per heavy atom. The first kappa shape index (κ1) is 24.2. The molecule has 1 aromatic carbocycles. The molecule has 2 saturated carbocycles. The summed E-state index contributed by atoms with van der Waals surface area (Å²) in [7, 11) is 3.61. The topological polar surface area (TPSA) is 18.5 Å². The van der Waals surface area contributed by atoms with Gasteiger partial charge in [-0.3, -0.25) is 0 Å². The smallest absolute Gasteiger partial charge is 0.128 e. The maximum absolute atomic E-state index is 5.83. The van der Waals surface area contributed by atoms with Gasteiger partial charge in [0.25, 0.3) is 0 Å². The summed E-state index contributed by atoms with van der Waals surface area (Å²) < 4.78 is 11.7. The van der Waals surface area contributed by atoms with Crippen molar-refractivity contribution in [3.05, 3.63) is 28.7 Å². The van der Waals surface area contributed by atoms with Crippen molar-refractivity contribution in [2.24, 2.45) is 17.8 Å². The van der Waals surface area contributed by atoms with E-state index in [2.05, 4.69) is 27.2 Å². The van der Waals surface area contributed by atoms with E-state index in [9.17, 15) is 0 Å². The summed E-state index contributed by atoms with van der Waals surface area (Å²) in [5, 5.41) is 0. The first-order chi connectivity index (χ1) is 13.0. The van der Waals surface area contributed by atoms with E-state index in [0.29, 0.717) is 0 Å². The fourth-order valence-corrected chi connectivity index (χ4v) is 5.58. The van der Waals surface area contributed by atoms with Gasteiger partial charge in [-0.05, 0) is 80.9 Å². The van der Waals surface area contributed by atoms with Crippen LogP contribution in [-0.4, -0.2) is 14.2 Å². The van der Waals surface area contributed by atoms with Crippen molar-refractivity contribution in [2.45, 2.75) is 85.0 Å². The van der Waals surface area contributed by atoms with Gasteiger partial charge >= 0.3 is 0 Å². The molecule has 0 atom stereocenters. The standard InChI is InChI=1S/C25H39O2.Y/c1-17-18(2)24(26-4)23(25(27-5)19(17)3)16-22-13-11-21(12-14-22)15-20-9-7-6-8-10-20;/h6,20-22H,7-16H2,1-5H3;/q-1;. The molecule has 0 aliphatic heterocycles. The summed E-state index contributed by atoms with van der Waals surface area (Å²) >= 11 is 0. The maximum atomic E-state index is 5.83. The average molecular weight is 460 g/mol. The molecule has 2 fully saturated rings. The van der Waals surface area contributed by atoms with Crippen molar-refractivity contribution < 1.29 is 42.2 Å². The largest absolute Gasteiger partial charge is 0.496 e. The number of methoxy groups -OCH3 is 2. The minimum atomic E-state index is 0. The zero-order chi connectivity index (χ0) is 19.4. The summed E-state index contributed by atoms with van der Waals surface area (Å²) in [6, 6.07) is 0. The molecule has 155 valence electrons. The van der Waals surface area contributed by atoms with Crippen LogP contribution in [-0.2, 0) is 39.1 Å². The van der Waals surface area contributed by atoms with Crippen LogP contribution in [0.15, 0.2) is 0 Å². The van der Waals surface area contributed by atoms with Gasteiger partial charge in [0.05, 0.1) is 14.2 Å². The Bertz CT molecular complexity index is 595. The van der Waals surface area contributed by atoms with Crippen molar-refractivity contribution in [1.82, 2.24) is 0 Å². The molecule has 1 aromatic rings. The molecule has 0 unspecified atom stereocenters. The van der Waals surface area contributed by atoms with E-state index in [0.717, 1.165) is 35.7 Å². The molecule has 3 rings (SSSR count). The number of hydrogen-bond donors (Lipinski definition) is 0. The van der Waals surface area contributed by atoms with E-state index >= 15 is 0 Å². The number of ether oxygens (including phenoxy) is 2. The fourth-order valence-electron chi connectivity index (χ4n) is 5.58. The Labute approximate surface area is 198 Å². The number of rotatable bonds is 6. The Kier molecular flexibility index (Phi) is 9.81. The maximum Gasteiger partial charge on any atom is 0.128 e. The van der Waals surface area contributed by atoms with E-state index in [1.807, 2.05) is 0 Å². The fraction of sp³-hybridized carbons (Fsp3) is 0.720. The van der Waals surface area contributed by atoms with Crippen LogP contribution in [0, 0.1) is 44.9 Å². The minimum Gasteiger partial charge on any atom is -0.496 e. The molecular formula is C25H39O2Y-. The first-order valence-electron chi connectivity index (χ1n) is 11.1. The van der Waals surface area contributed by atoms with Crippen LogP contribution >= 0.6 is 0 Å². The van der Waals surface area contributed by atoms with E-state index in [4.69, 9.17) is 9.47 Å². The Morgan fingerprint density at radius 2 is 1.18 bits per heavy atom. The minimum absolute atomic E-state index is 0. The Hall–Kier alpha value is -0.0761. The molecule has 2 nitrogen and oxygen atoms in total. The summed E-state index contributed by atoms with van der Waals surface area (Å²) in [6.07, 6.45) is 16.2. The molecule has 3 heteroatoms. The van der Waals surface area contributed by atoms with Gasteiger partial charge < -0.3 is 15.9 Å². The van der Waals surface area contributed by atoms with E-state index in [1.54, 1.807) is 14.2 Å². The second-order valence-electron chi connectivity index (χ2n) is 9.06. The molecule has 0 N–H and O–H groups in total. The predicted octanol–water partition coefficient (Wildman–Crippen LogP) is 6.76. The molecule has 0 heterocycles. The second-order valence-corrected chi connectivity index (χ2v) is 9.06. The van der Waals surface area contributed by atoms with Crippen molar-refractivity contribution >= 4 is 0 Å². The molecule has 0 spiro atoms. The van der Waals surface area contributed by atoms with Crippen molar-refractivity contribution in [3.63, 3.8) is 0 Å². The van der Waals surface area contributed by atoms with Crippen LogP contribution in [0.4, 0.5) is 0 Å². The zero-order valence-corrected chi connectivity index (χ0v) is 21.6. The van der Waals surface area contributed by atoms with Crippen LogP contribution in [0.5, 0.6) is 11.5 Å². The van der Waals surface area contributed by atoms with Gasteiger partial charge in [0.15, 0.2) is 0 Å². The monoisotopic (exact) mass is 460 g/mol. The molecule has 0 saturated heterocycles. The van der Waals surface area contributed by atoms with Gasteiger partial charge in [-0.15, -0.1) is 0 Å². The normalized spacial score (nSPS) is 23.2. The Morgan fingerprint density at radius 1 is 0.714 bits per heavy atom. The molecule has 2 aliphatic rings. The molecule has 0 bridgehead atoms. The van der Waals surface area contributed by atoms with Gasteiger partial charge in [0, 0.05) is 38.3 Å². The van der Waals surface area contributed by atoms with E-state index < -0.39 is 0 Å². The molecular weight excluding hydrogens is 421 g/mol. The van der Waals surface area contributed by atoms with E-state index in [1.165, 1.54) is 80.0 Å². The third kappa shape index (κ3) is 5.54. The molecule has 2 aliphatic carbocycles. The second kappa shape index (κ2) is 11.4. The van der Waals surface area contributed by atoms with Crippen LogP contribution < -0.4 is 9.47 Å². The van der Waals surface area contributed by atoms with Gasteiger partial charge in [0.1, 0.15) is 11.5 Å². The van der Waals surface area contributed by atoms with Gasteiger partial charge in [-0.1, -0.05) is 25.7 Å².